The maximum absolute atomic E-state index is 12.3. The van der Waals surface area contributed by atoms with E-state index < -0.39 is 5.91 Å². The fourth-order valence-electron chi connectivity index (χ4n) is 2.70. The second-order valence-electron chi connectivity index (χ2n) is 6.39. The number of benzene rings is 1. The van der Waals surface area contributed by atoms with Gasteiger partial charge in [-0.2, -0.15) is 0 Å². The number of aromatic nitrogens is 2. The normalized spacial score (nSPS) is 11.0. The van der Waals surface area contributed by atoms with Crippen LogP contribution in [0.15, 0.2) is 48.8 Å². The van der Waals surface area contributed by atoms with Crippen LogP contribution >= 0.6 is 0 Å². The molecule has 2 aromatic heterocycles. The maximum atomic E-state index is 12.3. The second-order valence-corrected chi connectivity index (χ2v) is 6.39. The van der Waals surface area contributed by atoms with Crippen LogP contribution in [0.1, 0.15) is 34.7 Å². The van der Waals surface area contributed by atoms with E-state index in [0.717, 1.165) is 17.4 Å². The van der Waals surface area contributed by atoms with Crippen LogP contribution in [0, 0.1) is 5.92 Å². The number of nitrogens with two attached hydrogens (primary N) is 1. The van der Waals surface area contributed by atoms with Gasteiger partial charge in [0.25, 0.3) is 5.91 Å². The van der Waals surface area contributed by atoms with Gasteiger partial charge in [0.1, 0.15) is 5.69 Å². The molecule has 0 spiro atoms. The zero-order chi connectivity index (χ0) is 18.0. The SMILES string of the molecule is CC(C)Cn1ccc2cc(NC(=O)c3ccc(C(N)=O)cn3)ccc21. The van der Waals surface area contributed by atoms with Crippen molar-refractivity contribution in [2.45, 2.75) is 20.4 Å². The highest BCUT2D eigenvalue weighted by atomic mass is 16.2. The van der Waals surface area contributed by atoms with Crippen LogP contribution in [-0.4, -0.2) is 21.4 Å². The first-order valence-electron chi connectivity index (χ1n) is 8.10. The van der Waals surface area contributed by atoms with E-state index in [2.05, 4.69) is 34.9 Å². The number of amides is 2. The Morgan fingerprint density at radius 2 is 2.00 bits per heavy atom. The summed E-state index contributed by atoms with van der Waals surface area (Å²) in [6.45, 7) is 5.30. The van der Waals surface area contributed by atoms with Gasteiger partial charge in [-0.05, 0) is 42.3 Å². The lowest BCUT2D eigenvalue weighted by Gasteiger charge is -2.09. The summed E-state index contributed by atoms with van der Waals surface area (Å²) >= 11 is 0. The van der Waals surface area contributed by atoms with Gasteiger partial charge in [-0.15, -0.1) is 0 Å². The van der Waals surface area contributed by atoms with Crippen molar-refractivity contribution in [2.24, 2.45) is 11.7 Å². The third-order valence-electron chi connectivity index (χ3n) is 3.87. The number of nitrogens with zero attached hydrogens (tertiary/aromatic N) is 2. The highest BCUT2D eigenvalue weighted by Crippen LogP contribution is 2.22. The Kier molecular flexibility index (Phi) is 4.52. The second kappa shape index (κ2) is 6.76. The lowest BCUT2D eigenvalue weighted by molar-refractivity contribution is 0.0993. The Bertz CT molecular complexity index is 926. The quantitative estimate of drug-likeness (QED) is 0.750. The molecule has 0 aliphatic heterocycles. The van der Waals surface area contributed by atoms with E-state index in [9.17, 15) is 9.59 Å². The number of carbonyl (C=O) groups is 2. The van der Waals surface area contributed by atoms with Gasteiger partial charge in [-0.1, -0.05) is 13.8 Å². The fraction of sp³-hybridized carbons (Fsp3) is 0.211. The van der Waals surface area contributed by atoms with Crippen LogP contribution < -0.4 is 11.1 Å². The number of rotatable bonds is 5. The summed E-state index contributed by atoms with van der Waals surface area (Å²) in [6.07, 6.45) is 3.35. The van der Waals surface area contributed by atoms with Crippen molar-refractivity contribution in [2.75, 3.05) is 5.32 Å². The number of primary amides is 1. The predicted molar refractivity (Wildman–Crippen MR) is 97.5 cm³/mol. The van der Waals surface area contributed by atoms with E-state index in [1.54, 1.807) is 0 Å². The van der Waals surface area contributed by atoms with Gasteiger partial charge in [-0.25, -0.2) is 0 Å². The molecule has 0 aliphatic carbocycles. The minimum Gasteiger partial charge on any atom is -0.366 e. The summed E-state index contributed by atoms with van der Waals surface area (Å²) in [5.41, 5.74) is 7.49. The van der Waals surface area contributed by atoms with Crippen LogP contribution in [0.5, 0.6) is 0 Å². The van der Waals surface area contributed by atoms with Crippen molar-refractivity contribution >= 4 is 28.4 Å². The monoisotopic (exact) mass is 336 g/mol. The van der Waals surface area contributed by atoms with E-state index in [-0.39, 0.29) is 17.2 Å². The molecule has 0 radical (unpaired) electrons. The van der Waals surface area contributed by atoms with Crippen molar-refractivity contribution in [1.82, 2.24) is 9.55 Å². The van der Waals surface area contributed by atoms with Crippen LogP contribution in [0.25, 0.3) is 10.9 Å². The van der Waals surface area contributed by atoms with Crippen molar-refractivity contribution in [1.29, 1.82) is 0 Å². The Labute approximate surface area is 145 Å². The predicted octanol–water partition coefficient (Wildman–Crippen LogP) is 3.04. The lowest BCUT2D eigenvalue weighted by atomic mass is 10.2. The average Bonchev–Trinajstić information content (AvgIpc) is 2.96. The van der Waals surface area contributed by atoms with Gasteiger partial charge in [-0.3, -0.25) is 14.6 Å². The third-order valence-corrected chi connectivity index (χ3v) is 3.87. The Balaban J connectivity index is 1.78. The number of nitrogens with one attached hydrogen (secondary N) is 1. The first-order valence-corrected chi connectivity index (χ1v) is 8.10. The van der Waals surface area contributed by atoms with Crippen molar-refractivity contribution in [3.05, 3.63) is 60.0 Å². The molecule has 6 nitrogen and oxygen atoms in total. The van der Waals surface area contributed by atoms with Gasteiger partial charge < -0.3 is 15.6 Å². The minimum atomic E-state index is -0.573. The molecule has 0 unspecified atom stereocenters. The molecule has 2 heterocycles. The van der Waals surface area contributed by atoms with E-state index in [0.29, 0.717) is 11.6 Å². The Morgan fingerprint density at radius 1 is 1.20 bits per heavy atom. The summed E-state index contributed by atoms with van der Waals surface area (Å²) < 4.78 is 2.20. The van der Waals surface area contributed by atoms with Crippen LogP contribution in [-0.2, 0) is 6.54 Å². The van der Waals surface area contributed by atoms with E-state index in [1.165, 1.54) is 18.3 Å². The zero-order valence-corrected chi connectivity index (χ0v) is 14.2. The molecule has 3 rings (SSSR count). The van der Waals surface area contributed by atoms with Gasteiger partial charge in [0.05, 0.1) is 5.56 Å². The molecule has 0 fully saturated rings. The number of hydrogen-bond acceptors (Lipinski definition) is 3. The molecule has 2 amide bonds. The first-order chi connectivity index (χ1) is 11.9. The first kappa shape index (κ1) is 16.7. The fourth-order valence-corrected chi connectivity index (χ4v) is 2.70. The van der Waals surface area contributed by atoms with Gasteiger partial charge >= 0.3 is 0 Å². The van der Waals surface area contributed by atoms with Crippen LogP contribution in [0.2, 0.25) is 0 Å². The molecule has 0 atom stereocenters. The summed E-state index contributed by atoms with van der Waals surface area (Å²) in [5.74, 6) is -0.350. The van der Waals surface area contributed by atoms with Gasteiger partial charge in [0, 0.05) is 35.5 Å². The molecule has 3 N–H and O–H groups in total. The van der Waals surface area contributed by atoms with E-state index in [1.807, 2.05) is 24.3 Å². The van der Waals surface area contributed by atoms with Crippen LogP contribution in [0.3, 0.4) is 0 Å². The number of anilines is 1. The summed E-state index contributed by atoms with van der Waals surface area (Å²) in [4.78, 5) is 27.3. The lowest BCUT2D eigenvalue weighted by Crippen LogP contribution is -2.16. The highest BCUT2D eigenvalue weighted by Gasteiger charge is 2.10. The van der Waals surface area contributed by atoms with Crippen molar-refractivity contribution in [3.63, 3.8) is 0 Å². The molecule has 128 valence electrons. The summed E-state index contributed by atoms with van der Waals surface area (Å²) in [6, 6.07) is 10.8. The van der Waals surface area contributed by atoms with E-state index >= 15 is 0 Å². The minimum absolute atomic E-state index is 0.225. The maximum Gasteiger partial charge on any atom is 0.274 e. The Morgan fingerprint density at radius 3 is 2.64 bits per heavy atom. The molecular weight excluding hydrogens is 316 g/mol. The highest BCUT2D eigenvalue weighted by molar-refractivity contribution is 6.04. The third kappa shape index (κ3) is 3.68. The average molecular weight is 336 g/mol. The van der Waals surface area contributed by atoms with Crippen molar-refractivity contribution in [3.8, 4) is 0 Å². The molecule has 0 bridgehead atoms. The summed E-state index contributed by atoms with van der Waals surface area (Å²) in [5, 5.41) is 3.89. The number of pyridine rings is 1. The molecule has 1 aromatic carbocycles. The molecule has 3 aromatic rings. The zero-order valence-electron chi connectivity index (χ0n) is 14.2. The standard InChI is InChI=1S/C19H20N4O2/c1-12(2)11-23-8-7-13-9-15(4-6-17(13)23)22-19(25)16-5-3-14(10-21-16)18(20)24/h3-10,12H,11H2,1-2H3,(H2,20,24)(H,22,25). The number of fused-ring (bicyclic) bond motifs is 1. The van der Waals surface area contributed by atoms with E-state index in [4.69, 9.17) is 5.73 Å². The largest absolute Gasteiger partial charge is 0.366 e. The molecule has 0 saturated heterocycles. The number of carbonyl (C=O) groups excluding carboxylic acids is 2. The van der Waals surface area contributed by atoms with Crippen molar-refractivity contribution < 1.29 is 9.59 Å². The van der Waals surface area contributed by atoms with Gasteiger partial charge in [0.2, 0.25) is 5.91 Å². The molecule has 25 heavy (non-hydrogen) atoms. The Hall–Kier alpha value is -3.15. The molecule has 0 aliphatic rings. The van der Waals surface area contributed by atoms with Crippen LogP contribution in [0.4, 0.5) is 5.69 Å². The topological polar surface area (TPSA) is 90.0 Å². The number of hydrogen-bond donors (Lipinski definition) is 2. The van der Waals surface area contributed by atoms with Gasteiger partial charge in [0.15, 0.2) is 0 Å². The molecule has 0 saturated carbocycles. The molecular formula is C19H20N4O2. The molecule has 6 heteroatoms. The smallest absolute Gasteiger partial charge is 0.274 e. The summed E-state index contributed by atoms with van der Waals surface area (Å²) in [7, 11) is 0.